The number of anilines is 1. The fourth-order valence-corrected chi connectivity index (χ4v) is 1.57. The fourth-order valence-electron chi connectivity index (χ4n) is 1.35. The van der Waals surface area contributed by atoms with E-state index in [0.29, 0.717) is 22.9 Å². The Morgan fingerprint density at radius 3 is 2.33 bits per heavy atom. The van der Waals surface area contributed by atoms with Gasteiger partial charge in [0.1, 0.15) is 16.8 Å². The zero-order valence-corrected chi connectivity index (χ0v) is 10.7. The van der Waals surface area contributed by atoms with E-state index < -0.39 is 0 Å². The van der Waals surface area contributed by atoms with Crippen LogP contribution in [0.1, 0.15) is 26.6 Å². The molecule has 4 heteroatoms. The standard InChI is InChI=1S/C11H18ClN3/c1-7(2)8(3)15(5)11-6-10(12)13-9(4)14-11/h6-8H,1-5H3. The summed E-state index contributed by atoms with van der Waals surface area (Å²) in [6.07, 6.45) is 0. The summed E-state index contributed by atoms with van der Waals surface area (Å²) in [6.45, 7) is 8.41. The van der Waals surface area contributed by atoms with Crippen molar-refractivity contribution in [1.82, 2.24) is 9.97 Å². The van der Waals surface area contributed by atoms with Crippen LogP contribution in [0, 0.1) is 12.8 Å². The smallest absolute Gasteiger partial charge is 0.134 e. The number of hydrogen-bond acceptors (Lipinski definition) is 3. The fraction of sp³-hybridized carbons (Fsp3) is 0.636. The van der Waals surface area contributed by atoms with Crippen molar-refractivity contribution in [2.24, 2.45) is 5.92 Å². The molecule has 0 saturated heterocycles. The van der Waals surface area contributed by atoms with Gasteiger partial charge in [0, 0.05) is 19.2 Å². The predicted octanol–water partition coefficient (Wildman–Crippen LogP) is 2.92. The Balaban J connectivity index is 2.95. The summed E-state index contributed by atoms with van der Waals surface area (Å²) in [5.74, 6) is 2.16. The molecular formula is C11H18ClN3. The van der Waals surface area contributed by atoms with Gasteiger partial charge in [-0.15, -0.1) is 0 Å². The molecule has 0 bridgehead atoms. The molecule has 1 heterocycles. The maximum absolute atomic E-state index is 5.90. The van der Waals surface area contributed by atoms with Gasteiger partial charge in [-0.25, -0.2) is 9.97 Å². The molecular weight excluding hydrogens is 210 g/mol. The lowest BCUT2D eigenvalue weighted by atomic mass is 10.1. The Bertz CT molecular complexity index is 318. The Labute approximate surface area is 96.5 Å². The van der Waals surface area contributed by atoms with Gasteiger partial charge in [0.25, 0.3) is 0 Å². The highest BCUT2D eigenvalue weighted by Gasteiger charge is 2.15. The second-order valence-electron chi connectivity index (χ2n) is 4.19. The van der Waals surface area contributed by atoms with Crippen molar-refractivity contribution < 1.29 is 0 Å². The first kappa shape index (κ1) is 12.2. The maximum Gasteiger partial charge on any atom is 0.134 e. The summed E-state index contributed by atoms with van der Waals surface area (Å²) in [6, 6.07) is 2.23. The van der Waals surface area contributed by atoms with E-state index in [2.05, 4.69) is 35.6 Å². The number of aromatic nitrogens is 2. The van der Waals surface area contributed by atoms with E-state index in [9.17, 15) is 0 Å². The summed E-state index contributed by atoms with van der Waals surface area (Å²) in [4.78, 5) is 10.5. The van der Waals surface area contributed by atoms with Gasteiger partial charge >= 0.3 is 0 Å². The zero-order valence-electron chi connectivity index (χ0n) is 9.95. The predicted molar refractivity (Wildman–Crippen MR) is 64.5 cm³/mol. The van der Waals surface area contributed by atoms with Crippen LogP contribution >= 0.6 is 11.6 Å². The van der Waals surface area contributed by atoms with Crippen LogP contribution in [0.5, 0.6) is 0 Å². The molecule has 3 nitrogen and oxygen atoms in total. The Morgan fingerprint density at radius 2 is 1.87 bits per heavy atom. The lowest BCUT2D eigenvalue weighted by Gasteiger charge is -2.29. The van der Waals surface area contributed by atoms with Gasteiger partial charge in [0.2, 0.25) is 0 Å². The molecule has 15 heavy (non-hydrogen) atoms. The zero-order chi connectivity index (χ0) is 11.6. The Hall–Kier alpha value is -0.830. The third-order valence-electron chi connectivity index (χ3n) is 2.73. The third kappa shape index (κ3) is 3.06. The number of nitrogens with zero attached hydrogens (tertiary/aromatic N) is 3. The van der Waals surface area contributed by atoms with Crippen LogP contribution in [0.4, 0.5) is 5.82 Å². The van der Waals surface area contributed by atoms with Crippen molar-refractivity contribution >= 4 is 17.4 Å². The topological polar surface area (TPSA) is 29.0 Å². The van der Waals surface area contributed by atoms with Crippen molar-refractivity contribution in [3.63, 3.8) is 0 Å². The molecule has 0 N–H and O–H groups in total. The molecule has 1 aromatic heterocycles. The van der Waals surface area contributed by atoms with Gasteiger partial charge in [0.15, 0.2) is 0 Å². The van der Waals surface area contributed by atoms with Gasteiger partial charge in [-0.05, 0) is 19.8 Å². The molecule has 0 fully saturated rings. The molecule has 1 rings (SSSR count). The average molecular weight is 228 g/mol. The quantitative estimate of drug-likeness (QED) is 0.744. The van der Waals surface area contributed by atoms with Gasteiger partial charge in [0.05, 0.1) is 0 Å². The first-order valence-electron chi connectivity index (χ1n) is 5.16. The summed E-state index contributed by atoms with van der Waals surface area (Å²) >= 11 is 5.90. The monoisotopic (exact) mass is 227 g/mol. The summed E-state index contributed by atoms with van der Waals surface area (Å²) in [7, 11) is 2.03. The SMILES string of the molecule is Cc1nc(Cl)cc(N(C)C(C)C(C)C)n1. The largest absolute Gasteiger partial charge is 0.357 e. The number of halogens is 1. The molecule has 0 radical (unpaired) electrons. The van der Waals surface area contributed by atoms with Crippen molar-refractivity contribution in [3.05, 3.63) is 17.0 Å². The first-order valence-corrected chi connectivity index (χ1v) is 5.53. The van der Waals surface area contributed by atoms with Crippen LogP contribution in [0.15, 0.2) is 6.07 Å². The second kappa shape index (κ2) is 4.79. The summed E-state index contributed by atoms with van der Waals surface area (Å²) < 4.78 is 0. The van der Waals surface area contributed by atoms with Gasteiger partial charge < -0.3 is 4.90 Å². The maximum atomic E-state index is 5.90. The summed E-state index contributed by atoms with van der Waals surface area (Å²) in [5, 5.41) is 0.500. The highest BCUT2D eigenvalue weighted by atomic mass is 35.5. The van der Waals surface area contributed by atoms with Crippen LogP contribution in [-0.2, 0) is 0 Å². The van der Waals surface area contributed by atoms with E-state index in [-0.39, 0.29) is 0 Å². The minimum Gasteiger partial charge on any atom is -0.357 e. The lowest BCUT2D eigenvalue weighted by Crippen LogP contribution is -2.33. The molecule has 0 aliphatic rings. The lowest BCUT2D eigenvalue weighted by molar-refractivity contribution is 0.502. The molecule has 0 spiro atoms. The average Bonchev–Trinajstić information content (AvgIpc) is 2.13. The van der Waals surface area contributed by atoms with Crippen molar-refractivity contribution in [2.45, 2.75) is 33.7 Å². The van der Waals surface area contributed by atoms with Crippen LogP contribution in [-0.4, -0.2) is 23.1 Å². The van der Waals surface area contributed by atoms with Crippen LogP contribution < -0.4 is 4.90 Å². The highest BCUT2D eigenvalue weighted by Crippen LogP contribution is 2.19. The third-order valence-corrected chi connectivity index (χ3v) is 2.92. The molecule has 1 atom stereocenters. The highest BCUT2D eigenvalue weighted by molar-refractivity contribution is 6.29. The molecule has 0 saturated carbocycles. The molecule has 0 aromatic carbocycles. The number of aryl methyl sites for hydroxylation is 1. The van der Waals surface area contributed by atoms with Crippen molar-refractivity contribution in [2.75, 3.05) is 11.9 Å². The Kier molecular flexibility index (Phi) is 3.91. The van der Waals surface area contributed by atoms with E-state index in [1.165, 1.54) is 0 Å². The van der Waals surface area contributed by atoms with E-state index in [1.54, 1.807) is 6.07 Å². The molecule has 0 amide bonds. The van der Waals surface area contributed by atoms with Crippen LogP contribution in [0.2, 0.25) is 5.15 Å². The van der Waals surface area contributed by atoms with Crippen LogP contribution in [0.3, 0.4) is 0 Å². The summed E-state index contributed by atoms with van der Waals surface area (Å²) in [5.41, 5.74) is 0. The first-order chi connectivity index (χ1) is 6.91. The van der Waals surface area contributed by atoms with E-state index in [4.69, 9.17) is 11.6 Å². The number of rotatable bonds is 3. The molecule has 1 aromatic rings. The molecule has 0 aliphatic heterocycles. The van der Waals surface area contributed by atoms with E-state index >= 15 is 0 Å². The van der Waals surface area contributed by atoms with Crippen LogP contribution in [0.25, 0.3) is 0 Å². The van der Waals surface area contributed by atoms with Gasteiger partial charge in [-0.3, -0.25) is 0 Å². The van der Waals surface area contributed by atoms with E-state index in [0.717, 1.165) is 5.82 Å². The molecule has 84 valence electrons. The normalized spacial score (nSPS) is 13.0. The molecule has 0 aliphatic carbocycles. The second-order valence-corrected chi connectivity index (χ2v) is 4.58. The Morgan fingerprint density at radius 1 is 1.27 bits per heavy atom. The number of hydrogen-bond donors (Lipinski definition) is 0. The van der Waals surface area contributed by atoms with E-state index in [1.807, 2.05) is 14.0 Å². The van der Waals surface area contributed by atoms with Gasteiger partial charge in [-0.1, -0.05) is 25.4 Å². The van der Waals surface area contributed by atoms with Crippen molar-refractivity contribution in [1.29, 1.82) is 0 Å². The minimum atomic E-state index is 0.426. The minimum absolute atomic E-state index is 0.426. The molecule has 1 unspecified atom stereocenters. The van der Waals surface area contributed by atoms with Crippen molar-refractivity contribution in [3.8, 4) is 0 Å². The van der Waals surface area contributed by atoms with Gasteiger partial charge in [-0.2, -0.15) is 0 Å².